The van der Waals surface area contributed by atoms with Crippen molar-refractivity contribution in [2.45, 2.75) is 0 Å². The number of thiophene rings is 1. The third-order valence-electron chi connectivity index (χ3n) is 10.2. The van der Waals surface area contributed by atoms with Crippen molar-refractivity contribution in [3.8, 4) is 5.69 Å². The van der Waals surface area contributed by atoms with Gasteiger partial charge in [0, 0.05) is 64.8 Å². The smallest absolute Gasteiger partial charge is 0.137 e. The molecule has 0 amide bonds. The zero-order valence-corrected chi connectivity index (χ0v) is 27.7. The van der Waals surface area contributed by atoms with Crippen molar-refractivity contribution in [1.29, 1.82) is 0 Å². The molecule has 234 valence electrons. The van der Waals surface area contributed by atoms with Gasteiger partial charge >= 0.3 is 0 Å². The Hall–Kier alpha value is -6.36. The monoisotopic (exact) mass is 656 g/mol. The minimum absolute atomic E-state index is 0.875. The number of hydrogen-bond donors (Lipinski definition) is 0. The van der Waals surface area contributed by atoms with E-state index in [1.165, 1.54) is 47.2 Å². The molecule has 0 bridgehead atoms. The van der Waals surface area contributed by atoms with Crippen molar-refractivity contribution in [2.24, 2.45) is 0 Å². The summed E-state index contributed by atoms with van der Waals surface area (Å²) in [5.41, 5.74) is 8.51. The van der Waals surface area contributed by atoms with E-state index >= 15 is 0 Å². The van der Waals surface area contributed by atoms with Gasteiger partial charge in [-0.2, -0.15) is 0 Å². The third-order valence-corrected chi connectivity index (χ3v) is 11.3. The highest BCUT2D eigenvalue weighted by molar-refractivity contribution is 7.26. The molecular weight excluding hydrogens is 629 g/mol. The number of nitrogens with zero attached hydrogens (tertiary/aromatic N) is 2. The molecule has 0 fully saturated rings. The van der Waals surface area contributed by atoms with Crippen molar-refractivity contribution in [3.63, 3.8) is 0 Å². The molecule has 3 nitrogen and oxygen atoms in total. The lowest BCUT2D eigenvalue weighted by atomic mass is 10.0. The maximum atomic E-state index is 6.46. The van der Waals surface area contributed by atoms with Crippen LogP contribution >= 0.6 is 11.3 Å². The second kappa shape index (κ2) is 10.6. The lowest BCUT2D eigenvalue weighted by molar-refractivity contribution is 0.669. The molecule has 8 aromatic carbocycles. The molecular formula is C46H28N2OS. The zero-order valence-electron chi connectivity index (χ0n) is 26.9. The maximum Gasteiger partial charge on any atom is 0.137 e. The molecule has 11 aromatic rings. The van der Waals surface area contributed by atoms with Crippen LogP contribution in [0.3, 0.4) is 0 Å². The van der Waals surface area contributed by atoms with Crippen LogP contribution in [-0.2, 0) is 0 Å². The molecule has 0 unspecified atom stereocenters. The summed E-state index contributed by atoms with van der Waals surface area (Å²) in [4.78, 5) is 2.41. The molecule has 11 rings (SSSR count). The van der Waals surface area contributed by atoms with Gasteiger partial charge in [0.25, 0.3) is 0 Å². The van der Waals surface area contributed by atoms with E-state index in [0.717, 1.165) is 50.2 Å². The summed E-state index contributed by atoms with van der Waals surface area (Å²) in [5, 5.41) is 9.80. The van der Waals surface area contributed by atoms with Gasteiger partial charge in [0.1, 0.15) is 11.2 Å². The first kappa shape index (κ1) is 27.6. The number of para-hydroxylation sites is 3. The summed E-state index contributed by atoms with van der Waals surface area (Å²) in [5.74, 6) is 0. The van der Waals surface area contributed by atoms with Crippen LogP contribution in [0.1, 0.15) is 0 Å². The van der Waals surface area contributed by atoms with E-state index in [4.69, 9.17) is 4.42 Å². The van der Waals surface area contributed by atoms with E-state index < -0.39 is 0 Å². The van der Waals surface area contributed by atoms with Crippen molar-refractivity contribution < 1.29 is 4.42 Å². The molecule has 0 aliphatic rings. The molecule has 3 aromatic heterocycles. The van der Waals surface area contributed by atoms with E-state index in [0.29, 0.717) is 0 Å². The van der Waals surface area contributed by atoms with Gasteiger partial charge in [-0.05, 0) is 83.6 Å². The Morgan fingerprint density at radius 2 is 1.14 bits per heavy atom. The van der Waals surface area contributed by atoms with Crippen LogP contribution < -0.4 is 4.90 Å². The number of hydrogen-bond acceptors (Lipinski definition) is 3. The predicted octanol–water partition coefficient (Wildman–Crippen LogP) is 13.7. The topological polar surface area (TPSA) is 21.3 Å². The number of aromatic nitrogens is 1. The van der Waals surface area contributed by atoms with Crippen molar-refractivity contribution in [3.05, 3.63) is 170 Å². The molecule has 0 saturated heterocycles. The van der Waals surface area contributed by atoms with Gasteiger partial charge in [0.15, 0.2) is 0 Å². The fourth-order valence-electron chi connectivity index (χ4n) is 8.00. The largest absolute Gasteiger partial charge is 0.456 e. The first-order valence-electron chi connectivity index (χ1n) is 16.9. The molecule has 0 spiro atoms. The maximum absolute atomic E-state index is 6.46. The number of rotatable bonds is 4. The molecule has 0 atom stereocenters. The zero-order chi connectivity index (χ0) is 32.8. The highest BCUT2D eigenvalue weighted by Gasteiger charge is 2.22. The number of fused-ring (bicyclic) bond motifs is 11. The summed E-state index contributed by atoms with van der Waals surface area (Å²) in [6.45, 7) is 0. The third kappa shape index (κ3) is 3.97. The van der Waals surface area contributed by atoms with Crippen LogP contribution in [-0.4, -0.2) is 4.57 Å². The quantitative estimate of drug-likeness (QED) is 0.188. The Morgan fingerprint density at radius 1 is 0.440 bits per heavy atom. The second-order valence-corrected chi connectivity index (χ2v) is 14.0. The summed E-state index contributed by atoms with van der Waals surface area (Å²) in [6.07, 6.45) is 0. The second-order valence-electron chi connectivity index (χ2n) is 12.9. The van der Waals surface area contributed by atoms with Crippen LogP contribution in [0.25, 0.3) is 80.4 Å². The Morgan fingerprint density at radius 3 is 2.04 bits per heavy atom. The van der Waals surface area contributed by atoms with Gasteiger partial charge < -0.3 is 13.9 Å². The van der Waals surface area contributed by atoms with Crippen LogP contribution in [0, 0.1) is 0 Å². The van der Waals surface area contributed by atoms with Crippen molar-refractivity contribution >= 4 is 103 Å². The van der Waals surface area contributed by atoms with Gasteiger partial charge in [0.2, 0.25) is 0 Å². The number of furan rings is 1. The molecule has 3 heterocycles. The Kier molecular flexibility index (Phi) is 5.83. The molecule has 0 aliphatic heterocycles. The van der Waals surface area contributed by atoms with Gasteiger partial charge in [0.05, 0.1) is 16.7 Å². The molecule has 0 N–H and O–H groups in total. The SMILES string of the molecule is c1ccc(-n2c3ccccc3c3c(N(c4ccc5c(ccc6sc7ccccc7c65)c4)c4ccc5c(c4)oc4ccccc45)cccc32)cc1. The van der Waals surface area contributed by atoms with Gasteiger partial charge in [-0.15, -0.1) is 11.3 Å². The van der Waals surface area contributed by atoms with E-state index in [1.54, 1.807) is 0 Å². The Bertz CT molecular complexity index is 3110. The van der Waals surface area contributed by atoms with E-state index in [9.17, 15) is 0 Å². The van der Waals surface area contributed by atoms with Crippen LogP contribution in [0.4, 0.5) is 17.1 Å². The van der Waals surface area contributed by atoms with Crippen LogP contribution in [0.2, 0.25) is 0 Å². The molecule has 0 radical (unpaired) electrons. The molecule has 50 heavy (non-hydrogen) atoms. The first-order chi connectivity index (χ1) is 24.8. The van der Waals surface area contributed by atoms with Crippen molar-refractivity contribution in [1.82, 2.24) is 4.57 Å². The average Bonchev–Trinajstić information content (AvgIpc) is 3.85. The predicted molar refractivity (Wildman–Crippen MR) is 213 cm³/mol. The standard InChI is InChI=1S/C46H28N2OS/c1-2-11-30(12-3-1)48-38-16-7-4-14-36(38)46-39(17-10-18-40(46)48)47(32-23-25-35-34-13-5-8-19-41(34)49-42(35)28-32)31-22-24-33-29(27-31)21-26-44-45(33)37-15-6-9-20-43(37)50-44/h1-28H. The fourth-order valence-corrected chi connectivity index (χ4v) is 9.12. The summed E-state index contributed by atoms with van der Waals surface area (Å²) < 4.78 is 11.5. The van der Waals surface area contributed by atoms with Gasteiger partial charge in [-0.1, -0.05) is 91.0 Å². The molecule has 0 aliphatic carbocycles. The van der Waals surface area contributed by atoms with Crippen molar-refractivity contribution in [2.75, 3.05) is 4.90 Å². The van der Waals surface area contributed by atoms with E-state index in [-0.39, 0.29) is 0 Å². The summed E-state index contributed by atoms with van der Waals surface area (Å²) >= 11 is 1.86. The Labute approximate surface area is 291 Å². The normalized spacial score (nSPS) is 12.0. The highest BCUT2D eigenvalue weighted by atomic mass is 32.1. The van der Waals surface area contributed by atoms with E-state index in [2.05, 4.69) is 167 Å². The fraction of sp³-hybridized carbons (Fsp3) is 0. The summed E-state index contributed by atoms with van der Waals surface area (Å²) in [6, 6.07) is 61.3. The first-order valence-corrected chi connectivity index (χ1v) is 17.7. The van der Waals surface area contributed by atoms with Crippen LogP contribution in [0.5, 0.6) is 0 Å². The van der Waals surface area contributed by atoms with Crippen LogP contribution in [0.15, 0.2) is 174 Å². The lowest BCUT2D eigenvalue weighted by Crippen LogP contribution is -2.10. The molecule has 0 saturated carbocycles. The van der Waals surface area contributed by atoms with E-state index in [1.807, 2.05) is 23.5 Å². The highest BCUT2D eigenvalue weighted by Crippen LogP contribution is 2.46. The average molecular weight is 657 g/mol. The minimum Gasteiger partial charge on any atom is -0.456 e. The number of anilines is 3. The van der Waals surface area contributed by atoms with Gasteiger partial charge in [-0.3, -0.25) is 0 Å². The lowest BCUT2D eigenvalue weighted by Gasteiger charge is -2.27. The summed E-state index contributed by atoms with van der Waals surface area (Å²) in [7, 11) is 0. The Balaban J connectivity index is 1.21. The minimum atomic E-state index is 0.875. The molecule has 4 heteroatoms. The van der Waals surface area contributed by atoms with Gasteiger partial charge in [-0.25, -0.2) is 0 Å². The number of benzene rings is 8.